The Morgan fingerprint density at radius 1 is 1.40 bits per heavy atom. The minimum absolute atomic E-state index is 0.547. The van der Waals surface area contributed by atoms with Gasteiger partial charge >= 0.3 is 0 Å². The molecule has 0 bridgehead atoms. The van der Waals surface area contributed by atoms with E-state index in [1.807, 2.05) is 24.4 Å². The molecule has 6 heteroatoms. The van der Waals surface area contributed by atoms with E-state index in [4.69, 9.17) is 0 Å². The lowest BCUT2D eigenvalue weighted by Crippen LogP contribution is -1.97. The maximum absolute atomic E-state index is 9.31. The number of hydrogen-bond donors (Lipinski definition) is 1. The van der Waals surface area contributed by atoms with Crippen molar-refractivity contribution in [1.29, 1.82) is 5.26 Å². The normalized spacial score (nSPS) is 14.6. The summed E-state index contributed by atoms with van der Waals surface area (Å²) in [5, 5.41) is 24.2. The fourth-order valence-corrected chi connectivity index (χ4v) is 2.54. The topological polar surface area (TPSA) is 83.2 Å². The van der Waals surface area contributed by atoms with Gasteiger partial charge in [0.2, 0.25) is 5.82 Å². The van der Waals surface area contributed by atoms with Gasteiger partial charge in [0.05, 0.1) is 5.56 Å². The molecule has 0 aliphatic heterocycles. The highest BCUT2D eigenvalue weighted by Gasteiger charge is 2.23. The predicted molar refractivity (Wildman–Crippen MR) is 72.5 cm³/mol. The highest BCUT2D eigenvalue weighted by Crippen LogP contribution is 2.33. The van der Waals surface area contributed by atoms with Gasteiger partial charge in [0.1, 0.15) is 6.07 Å². The average molecular weight is 264 g/mol. The molecule has 0 radical (unpaired) electrons. The predicted octanol–water partition coefficient (Wildman–Crippen LogP) is 2.10. The Hall–Kier alpha value is -2.68. The first-order chi connectivity index (χ1) is 9.85. The third-order valence-electron chi connectivity index (χ3n) is 3.76. The van der Waals surface area contributed by atoms with E-state index in [0.717, 1.165) is 28.9 Å². The fraction of sp³-hybridized carbons (Fsp3) is 0.286. The lowest BCUT2D eigenvalue weighted by molar-refractivity contribution is 0.647. The SMILES string of the molecule is N#Cc1cn(CC2CC2)c2ccc(-c3nn[nH]n3)cc12. The molecular formula is C14H12N6. The van der Waals surface area contributed by atoms with E-state index in [2.05, 4.69) is 31.3 Å². The second-order valence-electron chi connectivity index (χ2n) is 5.22. The van der Waals surface area contributed by atoms with Gasteiger partial charge in [-0.25, -0.2) is 0 Å². The van der Waals surface area contributed by atoms with Crippen LogP contribution < -0.4 is 0 Å². The maximum Gasteiger partial charge on any atom is 0.204 e. The van der Waals surface area contributed by atoms with Crippen LogP contribution in [0.3, 0.4) is 0 Å². The highest BCUT2D eigenvalue weighted by molar-refractivity contribution is 5.89. The average Bonchev–Trinajstić information content (AvgIpc) is 3.01. The van der Waals surface area contributed by atoms with E-state index < -0.39 is 0 Å². The second-order valence-corrected chi connectivity index (χ2v) is 5.22. The van der Waals surface area contributed by atoms with Gasteiger partial charge in [-0.2, -0.15) is 10.5 Å². The van der Waals surface area contributed by atoms with E-state index in [1.54, 1.807) is 0 Å². The minimum atomic E-state index is 0.547. The number of nitriles is 1. The summed E-state index contributed by atoms with van der Waals surface area (Å²) in [6.07, 6.45) is 4.54. The summed E-state index contributed by atoms with van der Waals surface area (Å²) in [5.41, 5.74) is 2.67. The number of aromatic nitrogens is 5. The molecule has 4 rings (SSSR count). The monoisotopic (exact) mass is 264 g/mol. The summed E-state index contributed by atoms with van der Waals surface area (Å²) < 4.78 is 2.19. The van der Waals surface area contributed by atoms with Gasteiger partial charge in [-0.3, -0.25) is 0 Å². The van der Waals surface area contributed by atoms with Crippen LogP contribution in [0, 0.1) is 17.2 Å². The number of tetrazole rings is 1. The van der Waals surface area contributed by atoms with Crippen LogP contribution in [-0.4, -0.2) is 25.2 Å². The Morgan fingerprint density at radius 3 is 3.00 bits per heavy atom. The number of nitrogens with zero attached hydrogens (tertiary/aromatic N) is 5. The summed E-state index contributed by atoms with van der Waals surface area (Å²) in [6.45, 7) is 1.000. The number of hydrogen-bond acceptors (Lipinski definition) is 4. The maximum atomic E-state index is 9.31. The van der Waals surface area contributed by atoms with Crippen molar-refractivity contribution >= 4 is 10.9 Å². The molecular weight excluding hydrogens is 252 g/mol. The van der Waals surface area contributed by atoms with Gasteiger partial charge in [0, 0.05) is 29.2 Å². The van der Waals surface area contributed by atoms with E-state index in [9.17, 15) is 5.26 Å². The van der Waals surface area contributed by atoms with Crippen LogP contribution in [0.5, 0.6) is 0 Å². The third-order valence-corrected chi connectivity index (χ3v) is 3.76. The number of aromatic amines is 1. The smallest absolute Gasteiger partial charge is 0.204 e. The Balaban J connectivity index is 1.86. The van der Waals surface area contributed by atoms with E-state index in [-0.39, 0.29) is 0 Å². The zero-order valence-corrected chi connectivity index (χ0v) is 10.7. The standard InChI is InChI=1S/C14H12N6/c15-6-11-8-20(7-9-1-2-9)13-4-3-10(5-12(11)13)14-16-18-19-17-14/h3-5,8-9H,1-2,7H2,(H,16,17,18,19). The van der Waals surface area contributed by atoms with Gasteiger partial charge in [-0.15, -0.1) is 10.2 Å². The van der Waals surface area contributed by atoms with Crippen LogP contribution >= 0.6 is 0 Å². The van der Waals surface area contributed by atoms with Crippen LogP contribution in [0.1, 0.15) is 18.4 Å². The third kappa shape index (κ3) is 1.75. The summed E-state index contributed by atoms with van der Waals surface area (Å²) in [6, 6.07) is 8.23. The summed E-state index contributed by atoms with van der Waals surface area (Å²) in [5.74, 6) is 1.32. The molecule has 0 amide bonds. The van der Waals surface area contributed by atoms with Crippen molar-refractivity contribution in [1.82, 2.24) is 25.2 Å². The molecule has 0 spiro atoms. The van der Waals surface area contributed by atoms with Crippen LogP contribution in [0.25, 0.3) is 22.3 Å². The van der Waals surface area contributed by atoms with Crippen molar-refractivity contribution in [3.63, 3.8) is 0 Å². The van der Waals surface area contributed by atoms with Crippen molar-refractivity contribution in [3.8, 4) is 17.5 Å². The molecule has 1 saturated carbocycles. The number of rotatable bonds is 3. The Labute approximate surface area is 115 Å². The second kappa shape index (κ2) is 4.17. The van der Waals surface area contributed by atoms with Crippen LogP contribution in [-0.2, 0) is 6.54 Å². The van der Waals surface area contributed by atoms with E-state index in [0.29, 0.717) is 11.4 Å². The van der Waals surface area contributed by atoms with Gasteiger partial charge in [0.15, 0.2) is 0 Å². The molecule has 3 aromatic rings. The molecule has 20 heavy (non-hydrogen) atoms. The highest BCUT2D eigenvalue weighted by atomic mass is 15.5. The van der Waals surface area contributed by atoms with Gasteiger partial charge in [-0.1, -0.05) is 0 Å². The van der Waals surface area contributed by atoms with Crippen molar-refractivity contribution < 1.29 is 0 Å². The summed E-state index contributed by atoms with van der Waals surface area (Å²) in [7, 11) is 0. The van der Waals surface area contributed by atoms with Crippen molar-refractivity contribution in [2.45, 2.75) is 19.4 Å². The molecule has 2 aromatic heterocycles. The van der Waals surface area contributed by atoms with Crippen LogP contribution in [0.2, 0.25) is 0 Å². The molecule has 0 saturated heterocycles. The number of benzene rings is 1. The van der Waals surface area contributed by atoms with Crippen LogP contribution in [0.4, 0.5) is 0 Å². The largest absolute Gasteiger partial charge is 0.346 e. The van der Waals surface area contributed by atoms with E-state index >= 15 is 0 Å². The molecule has 1 aliphatic carbocycles. The zero-order chi connectivity index (χ0) is 13.5. The van der Waals surface area contributed by atoms with Gasteiger partial charge in [0.25, 0.3) is 0 Å². The first-order valence-corrected chi connectivity index (χ1v) is 6.62. The molecule has 6 nitrogen and oxygen atoms in total. The zero-order valence-electron chi connectivity index (χ0n) is 10.7. The van der Waals surface area contributed by atoms with Gasteiger partial charge < -0.3 is 4.57 Å². The van der Waals surface area contributed by atoms with Crippen molar-refractivity contribution in [3.05, 3.63) is 30.0 Å². The van der Waals surface area contributed by atoms with Crippen molar-refractivity contribution in [2.75, 3.05) is 0 Å². The fourth-order valence-electron chi connectivity index (χ4n) is 2.54. The van der Waals surface area contributed by atoms with Crippen LogP contribution in [0.15, 0.2) is 24.4 Å². The number of H-pyrrole nitrogens is 1. The lowest BCUT2D eigenvalue weighted by atomic mass is 10.1. The minimum Gasteiger partial charge on any atom is -0.346 e. The summed E-state index contributed by atoms with van der Waals surface area (Å²) >= 11 is 0. The van der Waals surface area contributed by atoms with Crippen molar-refractivity contribution in [2.24, 2.45) is 5.92 Å². The molecule has 1 fully saturated rings. The molecule has 1 aliphatic rings. The first kappa shape index (κ1) is 11.2. The molecule has 98 valence electrons. The molecule has 2 heterocycles. The Kier molecular flexibility index (Phi) is 2.33. The molecule has 0 unspecified atom stereocenters. The van der Waals surface area contributed by atoms with E-state index in [1.165, 1.54) is 12.8 Å². The number of nitrogens with one attached hydrogen (secondary N) is 1. The Morgan fingerprint density at radius 2 is 2.30 bits per heavy atom. The summed E-state index contributed by atoms with van der Waals surface area (Å²) in [4.78, 5) is 0. The Bertz CT molecular complexity index is 804. The van der Waals surface area contributed by atoms with Gasteiger partial charge in [-0.05, 0) is 42.2 Å². The molecule has 1 N–H and O–H groups in total. The quantitative estimate of drug-likeness (QED) is 0.785. The number of fused-ring (bicyclic) bond motifs is 1. The first-order valence-electron chi connectivity index (χ1n) is 6.62. The lowest BCUT2D eigenvalue weighted by Gasteiger charge is -2.03. The molecule has 0 atom stereocenters. The molecule has 1 aromatic carbocycles.